The van der Waals surface area contributed by atoms with Gasteiger partial charge in [-0.3, -0.25) is 4.79 Å². The van der Waals surface area contributed by atoms with Crippen molar-refractivity contribution in [1.29, 1.82) is 0 Å². The number of benzene rings is 2. The van der Waals surface area contributed by atoms with E-state index in [0.717, 1.165) is 33.9 Å². The third kappa shape index (κ3) is 1.56. The standard InChI is InChI=1S/C14H14O2/c1-9-6-12-7-11(8-15)4-5-13(12)10(2)14(9)16-3/h4-8H,1-3H3. The van der Waals surface area contributed by atoms with Crippen molar-refractivity contribution in [3.63, 3.8) is 0 Å². The van der Waals surface area contributed by atoms with Crippen LogP contribution in [0.15, 0.2) is 24.3 Å². The molecule has 0 saturated heterocycles. The summed E-state index contributed by atoms with van der Waals surface area (Å²) in [6.07, 6.45) is 0.869. The minimum Gasteiger partial charge on any atom is -0.496 e. The highest BCUT2D eigenvalue weighted by Gasteiger charge is 2.08. The molecule has 2 rings (SSSR count). The summed E-state index contributed by atoms with van der Waals surface area (Å²) in [6, 6.07) is 7.75. The maximum Gasteiger partial charge on any atom is 0.150 e. The normalized spacial score (nSPS) is 10.4. The minimum absolute atomic E-state index is 0.705. The molecule has 0 bridgehead atoms. The van der Waals surface area contributed by atoms with Crippen LogP contribution >= 0.6 is 0 Å². The lowest BCUT2D eigenvalue weighted by Crippen LogP contribution is -1.93. The molecule has 0 radical (unpaired) electrons. The molecule has 0 atom stereocenters. The van der Waals surface area contributed by atoms with Gasteiger partial charge in [-0.05, 0) is 47.9 Å². The van der Waals surface area contributed by atoms with Gasteiger partial charge in [0.1, 0.15) is 12.0 Å². The van der Waals surface area contributed by atoms with Gasteiger partial charge in [0.25, 0.3) is 0 Å². The Bertz CT molecular complexity index is 556. The lowest BCUT2D eigenvalue weighted by atomic mass is 9.99. The summed E-state index contributed by atoms with van der Waals surface area (Å²) in [5.74, 6) is 0.923. The van der Waals surface area contributed by atoms with Gasteiger partial charge in [-0.2, -0.15) is 0 Å². The second kappa shape index (κ2) is 3.97. The quantitative estimate of drug-likeness (QED) is 0.717. The molecule has 82 valence electrons. The van der Waals surface area contributed by atoms with Crippen molar-refractivity contribution in [3.8, 4) is 5.75 Å². The fourth-order valence-electron chi connectivity index (χ4n) is 2.15. The van der Waals surface area contributed by atoms with Crippen molar-refractivity contribution in [3.05, 3.63) is 41.0 Å². The number of aryl methyl sites for hydroxylation is 2. The van der Waals surface area contributed by atoms with Crippen molar-refractivity contribution in [2.75, 3.05) is 7.11 Å². The Morgan fingerprint density at radius 3 is 2.56 bits per heavy atom. The summed E-state index contributed by atoms with van der Waals surface area (Å²) < 4.78 is 5.37. The highest BCUT2D eigenvalue weighted by atomic mass is 16.5. The second-order valence-corrected chi connectivity index (χ2v) is 3.95. The molecule has 0 amide bonds. The predicted octanol–water partition coefficient (Wildman–Crippen LogP) is 3.28. The number of carbonyl (C=O) groups is 1. The molecular formula is C14H14O2. The van der Waals surface area contributed by atoms with Crippen LogP contribution in [0.5, 0.6) is 5.75 Å². The zero-order valence-electron chi connectivity index (χ0n) is 9.70. The third-order valence-corrected chi connectivity index (χ3v) is 2.89. The van der Waals surface area contributed by atoms with E-state index < -0.39 is 0 Å². The zero-order chi connectivity index (χ0) is 11.7. The number of rotatable bonds is 2. The van der Waals surface area contributed by atoms with E-state index >= 15 is 0 Å². The van der Waals surface area contributed by atoms with E-state index in [9.17, 15) is 4.79 Å². The molecule has 16 heavy (non-hydrogen) atoms. The average molecular weight is 214 g/mol. The summed E-state index contributed by atoms with van der Waals surface area (Å²) in [6.45, 7) is 4.05. The van der Waals surface area contributed by atoms with Crippen LogP contribution in [0.1, 0.15) is 21.5 Å². The number of carbonyl (C=O) groups excluding carboxylic acids is 1. The van der Waals surface area contributed by atoms with Gasteiger partial charge in [0.2, 0.25) is 0 Å². The van der Waals surface area contributed by atoms with Gasteiger partial charge in [-0.25, -0.2) is 0 Å². The topological polar surface area (TPSA) is 26.3 Å². The van der Waals surface area contributed by atoms with Crippen LogP contribution in [0.3, 0.4) is 0 Å². The smallest absolute Gasteiger partial charge is 0.150 e. The Balaban J connectivity index is 2.81. The van der Waals surface area contributed by atoms with Crippen LogP contribution in [0.25, 0.3) is 10.8 Å². The Kier molecular flexibility index (Phi) is 2.65. The molecule has 0 aliphatic carbocycles. The number of hydrogen-bond donors (Lipinski definition) is 0. The molecule has 0 heterocycles. The molecule has 0 aromatic heterocycles. The van der Waals surface area contributed by atoms with Crippen LogP contribution < -0.4 is 4.74 Å². The molecule has 0 fully saturated rings. The molecule has 2 aromatic rings. The third-order valence-electron chi connectivity index (χ3n) is 2.89. The van der Waals surface area contributed by atoms with Crippen molar-refractivity contribution < 1.29 is 9.53 Å². The van der Waals surface area contributed by atoms with E-state index in [-0.39, 0.29) is 0 Å². The van der Waals surface area contributed by atoms with Gasteiger partial charge in [0.05, 0.1) is 7.11 Å². The molecular weight excluding hydrogens is 200 g/mol. The van der Waals surface area contributed by atoms with Gasteiger partial charge in [-0.15, -0.1) is 0 Å². The van der Waals surface area contributed by atoms with E-state index in [2.05, 4.69) is 0 Å². The molecule has 2 aromatic carbocycles. The Morgan fingerprint density at radius 1 is 1.19 bits per heavy atom. The van der Waals surface area contributed by atoms with E-state index in [4.69, 9.17) is 4.74 Å². The van der Waals surface area contributed by atoms with E-state index in [1.165, 1.54) is 0 Å². The van der Waals surface area contributed by atoms with Gasteiger partial charge >= 0.3 is 0 Å². The maximum atomic E-state index is 10.7. The number of methoxy groups -OCH3 is 1. The van der Waals surface area contributed by atoms with E-state index in [1.807, 2.05) is 38.1 Å². The highest BCUT2D eigenvalue weighted by molar-refractivity contribution is 5.92. The van der Waals surface area contributed by atoms with Crippen LogP contribution in [0, 0.1) is 13.8 Å². The van der Waals surface area contributed by atoms with E-state index in [1.54, 1.807) is 7.11 Å². The summed E-state index contributed by atoms with van der Waals surface area (Å²) >= 11 is 0. The van der Waals surface area contributed by atoms with Crippen molar-refractivity contribution in [1.82, 2.24) is 0 Å². The summed E-state index contributed by atoms with van der Waals surface area (Å²) in [5.41, 5.74) is 2.92. The molecule has 0 aliphatic heterocycles. The van der Waals surface area contributed by atoms with Crippen molar-refractivity contribution >= 4 is 17.1 Å². The summed E-state index contributed by atoms with van der Waals surface area (Å²) in [5, 5.41) is 2.22. The highest BCUT2D eigenvalue weighted by Crippen LogP contribution is 2.31. The van der Waals surface area contributed by atoms with Crippen molar-refractivity contribution in [2.24, 2.45) is 0 Å². The average Bonchev–Trinajstić information content (AvgIpc) is 2.28. The first-order valence-corrected chi connectivity index (χ1v) is 5.20. The molecule has 2 heteroatoms. The summed E-state index contributed by atoms with van der Waals surface area (Å²) in [4.78, 5) is 10.7. The second-order valence-electron chi connectivity index (χ2n) is 3.95. The van der Waals surface area contributed by atoms with Crippen LogP contribution in [0.2, 0.25) is 0 Å². The molecule has 0 saturated carbocycles. The molecule has 0 unspecified atom stereocenters. The number of ether oxygens (including phenoxy) is 1. The van der Waals surface area contributed by atoms with Gasteiger partial charge in [0, 0.05) is 5.56 Å². The number of fused-ring (bicyclic) bond motifs is 1. The first-order chi connectivity index (χ1) is 7.67. The van der Waals surface area contributed by atoms with E-state index in [0.29, 0.717) is 5.56 Å². The predicted molar refractivity (Wildman–Crippen MR) is 65.4 cm³/mol. The SMILES string of the molecule is COc1c(C)cc2cc(C=O)ccc2c1C. The molecule has 0 aliphatic rings. The maximum absolute atomic E-state index is 10.7. The molecule has 0 spiro atoms. The van der Waals surface area contributed by atoms with Gasteiger partial charge < -0.3 is 4.74 Å². The van der Waals surface area contributed by atoms with Crippen molar-refractivity contribution in [2.45, 2.75) is 13.8 Å². The minimum atomic E-state index is 0.705. The molecule has 0 N–H and O–H groups in total. The van der Waals surface area contributed by atoms with Crippen LogP contribution in [-0.4, -0.2) is 13.4 Å². The van der Waals surface area contributed by atoms with Gasteiger partial charge in [0.15, 0.2) is 0 Å². The Morgan fingerprint density at radius 2 is 1.94 bits per heavy atom. The largest absolute Gasteiger partial charge is 0.496 e. The van der Waals surface area contributed by atoms with Crippen LogP contribution in [0.4, 0.5) is 0 Å². The fourth-order valence-corrected chi connectivity index (χ4v) is 2.15. The zero-order valence-corrected chi connectivity index (χ0v) is 9.70. The Hall–Kier alpha value is -1.83. The lowest BCUT2D eigenvalue weighted by molar-refractivity contribution is 0.112. The first-order valence-electron chi connectivity index (χ1n) is 5.20. The van der Waals surface area contributed by atoms with Crippen LogP contribution in [-0.2, 0) is 0 Å². The lowest BCUT2D eigenvalue weighted by Gasteiger charge is -2.11. The Labute approximate surface area is 94.8 Å². The first kappa shape index (κ1) is 10.7. The van der Waals surface area contributed by atoms with Gasteiger partial charge in [-0.1, -0.05) is 12.1 Å². The monoisotopic (exact) mass is 214 g/mol. The number of aldehydes is 1. The molecule has 2 nitrogen and oxygen atoms in total. The fraction of sp³-hybridized carbons (Fsp3) is 0.214. The summed E-state index contributed by atoms with van der Waals surface area (Å²) in [7, 11) is 1.68. The number of hydrogen-bond acceptors (Lipinski definition) is 2.